The highest BCUT2D eigenvalue weighted by atomic mass is 16.5. The zero-order valence-corrected chi connectivity index (χ0v) is 20.3. The lowest BCUT2D eigenvalue weighted by molar-refractivity contribution is -0.135. The summed E-state index contributed by atoms with van der Waals surface area (Å²) in [5, 5.41) is 3.14. The normalized spacial score (nSPS) is 17.7. The van der Waals surface area contributed by atoms with Gasteiger partial charge in [0.1, 0.15) is 5.75 Å². The number of ether oxygens (including phenoxy) is 1. The van der Waals surface area contributed by atoms with Crippen molar-refractivity contribution in [3.63, 3.8) is 0 Å². The predicted molar refractivity (Wildman–Crippen MR) is 135 cm³/mol. The van der Waals surface area contributed by atoms with Crippen LogP contribution in [0, 0.1) is 0 Å². The van der Waals surface area contributed by atoms with Crippen LogP contribution in [0.3, 0.4) is 0 Å². The number of hydrogen-bond acceptors (Lipinski definition) is 3. The number of amides is 2. The maximum Gasteiger partial charge on any atom is 0.224 e. The summed E-state index contributed by atoms with van der Waals surface area (Å²) in [6, 6.07) is 20.2. The molecule has 182 valence electrons. The van der Waals surface area contributed by atoms with Crippen LogP contribution in [-0.2, 0) is 16.1 Å². The minimum atomic E-state index is -0.266. The van der Waals surface area contributed by atoms with E-state index in [2.05, 4.69) is 34.3 Å². The first-order valence-electron chi connectivity index (χ1n) is 12.6. The van der Waals surface area contributed by atoms with Gasteiger partial charge in [-0.15, -0.1) is 0 Å². The highest BCUT2D eigenvalue weighted by Gasteiger charge is 2.33. The molecule has 1 N–H and O–H groups in total. The van der Waals surface area contributed by atoms with Crippen LogP contribution in [-0.4, -0.2) is 34.4 Å². The Morgan fingerprint density at radius 2 is 1.71 bits per heavy atom. The van der Waals surface area contributed by atoms with Crippen molar-refractivity contribution in [1.29, 1.82) is 0 Å². The summed E-state index contributed by atoms with van der Waals surface area (Å²) in [5.41, 5.74) is 4.20. The highest BCUT2D eigenvalue weighted by Crippen LogP contribution is 2.37. The fourth-order valence-corrected chi connectivity index (χ4v) is 5.43. The van der Waals surface area contributed by atoms with Crippen LogP contribution in [0.4, 0.5) is 0 Å². The van der Waals surface area contributed by atoms with E-state index in [0.29, 0.717) is 6.54 Å². The van der Waals surface area contributed by atoms with E-state index in [1.165, 1.54) is 19.3 Å². The maximum absolute atomic E-state index is 13.7. The Morgan fingerprint density at radius 3 is 2.49 bits per heavy atom. The molecule has 0 spiro atoms. The van der Waals surface area contributed by atoms with Crippen molar-refractivity contribution in [2.75, 3.05) is 7.11 Å². The quantitative estimate of drug-likeness (QED) is 0.541. The molecule has 2 heterocycles. The van der Waals surface area contributed by atoms with Crippen molar-refractivity contribution < 1.29 is 14.3 Å². The molecule has 1 atom stereocenters. The van der Waals surface area contributed by atoms with Gasteiger partial charge in [-0.05, 0) is 54.3 Å². The fraction of sp³-hybridized carbons (Fsp3) is 0.379. The van der Waals surface area contributed by atoms with Gasteiger partial charge in [-0.3, -0.25) is 9.59 Å². The van der Waals surface area contributed by atoms with Crippen molar-refractivity contribution >= 4 is 11.8 Å². The van der Waals surface area contributed by atoms with Gasteiger partial charge < -0.3 is 19.5 Å². The van der Waals surface area contributed by atoms with Gasteiger partial charge in [0.2, 0.25) is 11.8 Å². The Hall–Kier alpha value is -3.54. The SMILES string of the molecule is COc1ccc(C2c3cccn3-c3ccccc3CN2C(=O)CCC(=O)NC2CCCCC2)cc1. The van der Waals surface area contributed by atoms with Crippen LogP contribution < -0.4 is 10.1 Å². The standard InChI is InChI=1S/C29H33N3O3/c1-35-24-15-13-21(14-16-24)29-26-12-7-19-31(26)25-11-6-5-8-22(25)20-32(29)28(34)18-17-27(33)30-23-9-3-2-4-10-23/h5-8,11-16,19,23,29H,2-4,9-10,17-18,20H2,1H3,(H,30,33). The second-order valence-corrected chi connectivity index (χ2v) is 9.53. The second-order valence-electron chi connectivity index (χ2n) is 9.53. The van der Waals surface area contributed by atoms with Gasteiger partial charge >= 0.3 is 0 Å². The fourth-order valence-electron chi connectivity index (χ4n) is 5.43. The molecule has 0 radical (unpaired) electrons. The number of nitrogens with zero attached hydrogens (tertiary/aromatic N) is 2. The van der Waals surface area contributed by atoms with E-state index in [-0.39, 0.29) is 36.7 Å². The Balaban J connectivity index is 1.42. The van der Waals surface area contributed by atoms with Crippen LogP contribution in [0.5, 0.6) is 5.75 Å². The first-order chi connectivity index (χ1) is 17.1. The molecule has 35 heavy (non-hydrogen) atoms. The molecule has 1 unspecified atom stereocenters. The van der Waals surface area contributed by atoms with Crippen LogP contribution in [0.25, 0.3) is 5.69 Å². The molecule has 0 saturated heterocycles. The number of aromatic nitrogens is 1. The number of para-hydroxylation sites is 1. The molecule has 2 amide bonds. The number of methoxy groups -OCH3 is 1. The third kappa shape index (κ3) is 4.97. The summed E-state index contributed by atoms with van der Waals surface area (Å²) < 4.78 is 7.53. The molecule has 5 rings (SSSR count). The number of hydrogen-bond donors (Lipinski definition) is 1. The van der Waals surface area contributed by atoms with E-state index < -0.39 is 0 Å². The molecule has 1 aromatic heterocycles. The van der Waals surface area contributed by atoms with E-state index in [4.69, 9.17) is 4.74 Å². The molecular weight excluding hydrogens is 438 g/mol. The Kier molecular flexibility index (Phi) is 6.89. The highest BCUT2D eigenvalue weighted by molar-refractivity contribution is 5.84. The topological polar surface area (TPSA) is 63.6 Å². The number of fused-ring (bicyclic) bond motifs is 3. The number of carbonyl (C=O) groups excluding carboxylic acids is 2. The summed E-state index contributed by atoms with van der Waals surface area (Å²) in [7, 11) is 1.65. The minimum Gasteiger partial charge on any atom is -0.497 e. The van der Waals surface area contributed by atoms with Crippen LogP contribution in [0.2, 0.25) is 0 Å². The van der Waals surface area contributed by atoms with Crippen LogP contribution >= 0.6 is 0 Å². The van der Waals surface area contributed by atoms with Crippen LogP contribution in [0.15, 0.2) is 66.9 Å². The van der Waals surface area contributed by atoms with Gasteiger partial charge in [-0.2, -0.15) is 0 Å². The van der Waals surface area contributed by atoms with E-state index in [1.807, 2.05) is 47.4 Å². The lowest BCUT2D eigenvalue weighted by Crippen LogP contribution is -2.38. The predicted octanol–water partition coefficient (Wildman–Crippen LogP) is 5.15. The minimum absolute atomic E-state index is 0.0194. The third-order valence-electron chi connectivity index (χ3n) is 7.25. The Morgan fingerprint density at radius 1 is 0.943 bits per heavy atom. The smallest absolute Gasteiger partial charge is 0.224 e. The van der Waals surface area contributed by atoms with E-state index in [0.717, 1.165) is 41.1 Å². The monoisotopic (exact) mass is 471 g/mol. The molecule has 1 saturated carbocycles. The molecular formula is C29H33N3O3. The van der Waals surface area contributed by atoms with Crippen molar-refractivity contribution in [2.45, 2.75) is 63.6 Å². The van der Waals surface area contributed by atoms with Gasteiger partial charge in [0.25, 0.3) is 0 Å². The van der Waals surface area contributed by atoms with Crippen LogP contribution in [0.1, 0.15) is 67.8 Å². The van der Waals surface area contributed by atoms with Gasteiger partial charge in [0, 0.05) is 37.3 Å². The number of carbonyl (C=O) groups is 2. The molecule has 2 aliphatic rings. The van der Waals surface area contributed by atoms with Gasteiger partial charge in [-0.1, -0.05) is 49.6 Å². The second kappa shape index (κ2) is 10.4. The number of rotatable bonds is 6. The lowest BCUT2D eigenvalue weighted by atomic mass is 9.95. The van der Waals surface area contributed by atoms with Crippen molar-refractivity contribution in [3.05, 3.63) is 83.7 Å². The molecule has 6 nitrogen and oxygen atoms in total. The largest absolute Gasteiger partial charge is 0.497 e. The van der Waals surface area contributed by atoms with Crippen molar-refractivity contribution in [2.24, 2.45) is 0 Å². The van der Waals surface area contributed by atoms with E-state index >= 15 is 0 Å². The number of benzene rings is 2. The van der Waals surface area contributed by atoms with Gasteiger partial charge in [-0.25, -0.2) is 0 Å². The summed E-state index contributed by atoms with van der Waals surface area (Å²) in [6.07, 6.45) is 8.11. The molecule has 3 aromatic rings. The molecule has 1 aliphatic carbocycles. The molecule has 2 aromatic carbocycles. The van der Waals surface area contributed by atoms with E-state index in [1.54, 1.807) is 7.11 Å². The average molecular weight is 472 g/mol. The molecule has 1 fully saturated rings. The third-order valence-corrected chi connectivity index (χ3v) is 7.25. The van der Waals surface area contributed by atoms with Gasteiger partial charge in [0.15, 0.2) is 0 Å². The Labute approximate surface area is 206 Å². The molecule has 0 bridgehead atoms. The summed E-state index contributed by atoms with van der Waals surface area (Å²) >= 11 is 0. The summed E-state index contributed by atoms with van der Waals surface area (Å²) in [6.45, 7) is 0.484. The first-order valence-corrected chi connectivity index (χ1v) is 12.6. The number of nitrogens with one attached hydrogen (secondary N) is 1. The zero-order chi connectivity index (χ0) is 24.2. The molecule has 6 heteroatoms. The lowest BCUT2D eigenvalue weighted by Gasteiger charge is -2.31. The first kappa shape index (κ1) is 23.2. The van der Waals surface area contributed by atoms with E-state index in [9.17, 15) is 9.59 Å². The summed E-state index contributed by atoms with van der Waals surface area (Å²) in [5.74, 6) is 0.734. The Bertz CT molecular complexity index is 1180. The molecule has 1 aliphatic heterocycles. The summed E-state index contributed by atoms with van der Waals surface area (Å²) in [4.78, 5) is 28.3. The van der Waals surface area contributed by atoms with Gasteiger partial charge in [0.05, 0.1) is 18.8 Å². The van der Waals surface area contributed by atoms with Crippen molar-refractivity contribution in [3.8, 4) is 11.4 Å². The van der Waals surface area contributed by atoms with Crippen molar-refractivity contribution in [1.82, 2.24) is 14.8 Å². The zero-order valence-electron chi connectivity index (χ0n) is 20.3. The average Bonchev–Trinajstić information content (AvgIpc) is 3.32. The maximum atomic E-state index is 13.7.